The Balaban J connectivity index is 3.84. The summed E-state index contributed by atoms with van der Waals surface area (Å²) in [6.45, 7) is 10.8. The summed E-state index contributed by atoms with van der Waals surface area (Å²) >= 11 is 0. The number of hydrogen-bond donors (Lipinski definition) is 0. The largest absolute Gasteiger partial charge is 0.462 e. The van der Waals surface area contributed by atoms with Crippen LogP contribution in [-0.4, -0.2) is 28.9 Å². The van der Waals surface area contributed by atoms with Crippen molar-refractivity contribution in [2.45, 2.75) is 58.4 Å². The van der Waals surface area contributed by atoms with Gasteiger partial charge in [-0.3, -0.25) is 0 Å². The maximum atomic E-state index is 11.3. The predicted octanol–water partition coefficient (Wildman–Crippen LogP) is 2.98. The first-order valence-electron chi connectivity index (χ1n) is 7.02. The standard InChI is InChI=1S/C14H28O3Si/c1-5-7-8-9-13(18-17-6-2)10-11-16-14(15)12(3)4/h13H,3,5-11,18H2,1-2,4H3. The van der Waals surface area contributed by atoms with Gasteiger partial charge in [0.15, 0.2) is 9.76 Å². The molecule has 0 heterocycles. The maximum Gasteiger partial charge on any atom is 0.333 e. The lowest BCUT2D eigenvalue weighted by Gasteiger charge is -2.16. The minimum atomic E-state index is -0.481. The van der Waals surface area contributed by atoms with Gasteiger partial charge in [-0.2, -0.15) is 0 Å². The molecule has 0 bridgehead atoms. The smallest absolute Gasteiger partial charge is 0.333 e. The van der Waals surface area contributed by atoms with E-state index in [4.69, 9.17) is 9.16 Å². The van der Waals surface area contributed by atoms with Gasteiger partial charge >= 0.3 is 5.97 Å². The third-order valence-corrected chi connectivity index (χ3v) is 4.81. The summed E-state index contributed by atoms with van der Waals surface area (Å²) in [6.07, 6.45) is 5.94. The zero-order chi connectivity index (χ0) is 13.8. The fourth-order valence-electron chi connectivity index (χ4n) is 1.72. The van der Waals surface area contributed by atoms with Crippen LogP contribution in [-0.2, 0) is 14.0 Å². The molecule has 0 aromatic carbocycles. The predicted molar refractivity (Wildman–Crippen MR) is 78.5 cm³/mol. The Labute approximate surface area is 114 Å². The van der Waals surface area contributed by atoms with Crippen molar-refractivity contribution in [1.29, 1.82) is 0 Å². The molecule has 0 aliphatic rings. The number of carbonyl (C=O) groups excluding carboxylic acids is 1. The fraction of sp³-hybridized carbons (Fsp3) is 0.786. The van der Waals surface area contributed by atoms with Gasteiger partial charge in [0.1, 0.15) is 0 Å². The van der Waals surface area contributed by atoms with E-state index < -0.39 is 9.76 Å². The van der Waals surface area contributed by atoms with Crippen LogP contribution in [0.15, 0.2) is 12.2 Å². The van der Waals surface area contributed by atoms with Gasteiger partial charge in [0.05, 0.1) is 6.61 Å². The van der Waals surface area contributed by atoms with E-state index in [1.54, 1.807) is 6.92 Å². The lowest BCUT2D eigenvalue weighted by Crippen LogP contribution is -2.13. The van der Waals surface area contributed by atoms with Gasteiger partial charge in [-0.15, -0.1) is 0 Å². The second kappa shape index (κ2) is 11.5. The average Bonchev–Trinajstić information content (AvgIpc) is 2.35. The molecule has 106 valence electrons. The Morgan fingerprint density at radius 2 is 2.00 bits per heavy atom. The van der Waals surface area contributed by atoms with Gasteiger partial charge in [0, 0.05) is 12.2 Å². The molecule has 0 aromatic heterocycles. The topological polar surface area (TPSA) is 35.5 Å². The molecule has 0 saturated heterocycles. The van der Waals surface area contributed by atoms with Crippen molar-refractivity contribution in [3.63, 3.8) is 0 Å². The van der Waals surface area contributed by atoms with E-state index in [0.29, 0.717) is 17.7 Å². The summed E-state index contributed by atoms with van der Waals surface area (Å²) < 4.78 is 10.8. The average molecular weight is 272 g/mol. The summed E-state index contributed by atoms with van der Waals surface area (Å²) in [4.78, 5) is 11.3. The van der Waals surface area contributed by atoms with Gasteiger partial charge in [0.25, 0.3) is 0 Å². The Hall–Kier alpha value is -0.613. The molecule has 0 aliphatic carbocycles. The molecule has 3 nitrogen and oxygen atoms in total. The molecule has 4 heteroatoms. The summed E-state index contributed by atoms with van der Waals surface area (Å²) in [7, 11) is -0.481. The number of carbonyl (C=O) groups is 1. The van der Waals surface area contributed by atoms with Crippen molar-refractivity contribution in [3.05, 3.63) is 12.2 Å². The molecule has 0 saturated carbocycles. The fourth-order valence-corrected chi connectivity index (χ4v) is 3.08. The minimum absolute atomic E-state index is 0.277. The molecule has 1 atom stereocenters. The number of esters is 1. The highest BCUT2D eigenvalue weighted by atomic mass is 28.2. The third kappa shape index (κ3) is 9.42. The quantitative estimate of drug-likeness (QED) is 0.251. The van der Waals surface area contributed by atoms with Crippen molar-refractivity contribution < 1.29 is 14.0 Å². The maximum absolute atomic E-state index is 11.3. The van der Waals surface area contributed by atoms with Crippen LogP contribution in [0, 0.1) is 0 Å². The van der Waals surface area contributed by atoms with Crippen LogP contribution >= 0.6 is 0 Å². The molecule has 0 N–H and O–H groups in total. The summed E-state index contributed by atoms with van der Waals surface area (Å²) in [5.74, 6) is -0.277. The van der Waals surface area contributed by atoms with Crippen molar-refractivity contribution in [2.75, 3.05) is 13.2 Å². The van der Waals surface area contributed by atoms with E-state index in [9.17, 15) is 4.79 Å². The van der Waals surface area contributed by atoms with Crippen LogP contribution in [0.2, 0.25) is 5.54 Å². The number of unbranched alkanes of at least 4 members (excludes halogenated alkanes) is 2. The molecule has 0 aliphatic heterocycles. The van der Waals surface area contributed by atoms with Crippen LogP contribution in [0.4, 0.5) is 0 Å². The third-order valence-electron chi connectivity index (χ3n) is 2.88. The van der Waals surface area contributed by atoms with E-state index in [1.807, 2.05) is 6.92 Å². The highest BCUT2D eigenvalue weighted by molar-refractivity contribution is 6.29. The first-order chi connectivity index (χ1) is 8.61. The Kier molecular flexibility index (Phi) is 11.1. The van der Waals surface area contributed by atoms with E-state index in [1.165, 1.54) is 25.7 Å². The van der Waals surface area contributed by atoms with Gasteiger partial charge in [-0.25, -0.2) is 4.79 Å². The molecule has 0 amide bonds. The van der Waals surface area contributed by atoms with Gasteiger partial charge in [-0.1, -0.05) is 39.2 Å². The molecule has 0 spiro atoms. The highest BCUT2D eigenvalue weighted by Crippen LogP contribution is 2.19. The van der Waals surface area contributed by atoms with Crippen molar-refractivity contribution in [2.24, 2.45) is 0 Å². The molecule has 0 aromatic rings. The van der Waals surface area contributed by atoms with Crippen LogP contribution in [0.3, 0.4) is 0 Å². The molecular formula is C14H28O3Si. The Morgan fingerprint density at radius 3 is 2.56 bits per heavy atom. The highest BCUT2D eigenvalue weighted by Gasteiger charge is 2.11. The summed E-state index contributed by atoms with van der Waals surface area (Å²) in [5, 5.41) is 0. The van der Waals surface area contributed by atoms with Crippen molar-refractivity contribution in [3.8, 4) is 0 Å². The number of hydrogen-bond acceptors (Lipinski definition) is 3. The van der Waals surface area contributed by atoms with Gasteiger partial charge in [-0.05, 0) is 25.8 Å². The van der Waals surface area contributed by atoms with Gasteiger partial charge < -0.3 is 9.16 Å². The Bertz CT molecular complexity index is 241. The number of rotatable bonds is 11. The van der Waals surface area contributed by atoms with E-state index in [2.05, 4.69) is 13.5 Å². The SMILES string of the molecule is C=C(C)C(=O)OCCC(CCCCC)[SiH2]OCC. The zero-order valence-electron chi connectivity index (χ0n) is 12.2. The van der Waals surface area contributed by atoms with Crippen molar-refractivity contribution >= 4 is 15.7 Å². The summed E-state index contributed by atoms with van der Waals surface area (Å²) in [6, 6.07) is 0. The lowest BCUT2D eigenvalue weighted by atomic mass is 10.1. The van der Waals surface area contributed by atoms with Crippen LogP contribution < -0.4 is 0 Å². The monoisotopic (exact) mass is 272 g/mol. The van der Waals surface area contributed by atoms with Gasteiger partial charge in [0.2, 0.25) is 0 Å². The first kappa shape index (κ1) is 17.4. The molecule has 18 heavy (non-hydrogen) atoms. The van der Waals surface area contributed by atoms with E-state index in [0.717, 1.165) is 13.0 Å². The van der Waals surface area contributed by atoms with Crippen molar-refractivity contribution in [1.82, 2.24) is 0 Å². The summed E-state index contributed by atoms with van der Waals surface area (Å²) in [5.41, 5.74) is 1.11. The molecule has 0 radical (unpaired) electrons. The molecule has 0 rings (SSSR count). The van der Waals surface area contributed by atoms with Crippen LogP contribution in [0.1, 0.15) is 52.9 Å². The second-order valence-electron chi connectivity index (χ2n) is 4.73. The normalized spacial score (nSPS) is 12.8. The molecule has 1 unspecified atom stereocenters. The molecular weight excluding hydrogens is 244 g/mol. The van der Waals surface area contributed by atoms with Crippen LogP contribution in [0.25, 0.3) is 0 Å². The molecule has 0 fully saturated rings. The Morgan fingerprint density at radius 1 is 1.28 bits per heavy atom. The lowest BCUT2D eigenvalue weighted by molar-refractivity contribution is -0.139. The minimum Gasteiger partial charge on any atom is -0.462 e. The zero-order valence-corrected chi connectivity index (χ0v) is 13.6. The number of ether oxygens (including phenoxy) is 1. The van der Waals surface area contributed by atoms with Crippen LogP contribution in [0.5, 0.6) is 0 Å². The first-order valence-corrected chi connectivity index (χ1v) is 8.41. The van der Waals surface area contributed by atoms with E-state index in [-0.39, 0.29) is 5.97 Å². The second-order valence-corrected chi connectivity index (χ2v) is 6.62. The van der Waals surface area contributed by atoms with E-state index >= 15 is 0 Å².